The predicted octanol–water partition coefficient (Wildman–Crippen LogP) is 4.35. The molecule has 0 atom stereocenters. The Morgan fingerprint density at radius 3 is 2.00 bits per heavy atom. The van der Waals surface area contributed by atoms with E-state index in [0.29, 0.717) is 6.61 Å². The van der Waals surface area contributed by atoms with E-state index in [1.165, 1.54) is 23.3 Å². The summed E-state index contributed by atoms with van der Waals surface area (Å²) >= 11 is 0. The van der Waals surface area contributed by atoms with E-state index in [1.807, 2.05) is 37.3 Å². The summed E-state index contributed by atoms with van der Waals surface area (Å²) in [6, 6.07) is 21.0. The number of carbonyl (C=O) groups is 2. The monoisotopic (exact) mass is 497 g/mol. The van der Waals surface area contributed by atoms with E-state index in [9.17, 15) is 4.39 Å². The molecular weight excluding hydrogens is 469 g/mol. The fourth-order valence-electron chi connectivity index (χ4n) is 3.56. The Labute approximate surface area is 208 Å². The molecule has 0 fully saturated rings. The van der Waals surface area contributed by atoms with Crippen LogP contribution in [0.5, 0.6) is 17.2 Å². The van der Waals surface area contributed by atoms with Gasteiger partial charge in [0.05, 0.1) is 6.61 Å². The number of ether oxygens (including phenoxy) is 3. The maximum atomic E-state index is 13.3. The third-order valence-corrected chi connectivity index (χ3v) is 5.30. The first-order valence-electron chi connectivity index (χ1n) is 11.4. The molecular formula is C27H28FNO7. The van der Waals surface area contributed by atoms with E-state index in [-0.39, 0.29) is 12.6 Å². The average molecular weight is 498 g/mol. The second-order valence-corrected chi connectivity index (χ2v) is 7.96. The standard InChI is InChI=1S/C25H26FNO3.C2H2O4/c1-2-28-23-10-5-21(6-11-23)17-27(16-20-3-8-22(26)9-4-20)14-13-19-7-12-24-25(15-19)30-18-29-24;3-1(4)2(5)6/h3-12,15H,2,13-14,16-18H2,1H3;(H,3,4)(H,5,6). The van der Waals surface area contributed by atoms with Crippen LogP contribution in [0.2, 0.25) is 0 Å². The van der Waals surface area contributed by atoms with E-state index < -0.39 is 11.9 Å². The van der Waals surface area contributed by atoms with Crippen LogP contribution in [0.4, 0.5) is 4.39 Å². The fraction of sp³-hybridized carbons (Fsp3) is 0.259. The maximum absolute atomic E-state index is 13.3. The van der Waals surface area contributed by atoms with Crippen LogP contribution in [0.25, 0.3) is 0 Å². The molecule has 0 amide bonds. The smallest absolute Gasteiger partial charge is 0.414 e. The van der Waals surface area contributed by atoms with Crippen molar-refractivity contribution in [3.63, 3.8) is 0 Å². The number of aliphatic carboxylic acids is 2. The second-order valence-electron chi connectivity index (χ2n) is 7.96. The molecule has 3 aromatic carbocycles. The van der Waals surface area contributed by atoms with Crippen LogP contribution in [0, 0.1) is 5.82 Å². The minimum atomic E-state index is -1.82. The molecule has 8 nitrogen and oxygen atoms in total. The Morgan fingerprint density at radius 2 is 1.42 bits per heavy atom. The van der Waals surface area contributed by atoms with Crippen molar-refractivity contribution in [1.82, 2.24) is 4.90 Å². The highest BCUT2D eigenvalue weighted by Crippen LogP contribution is 2.32. The van der Waals surface area contributed by atoms with Crippen molar-refractivity contribution in [2.75, 3.05) is 19.9 Å². The molecule has 0 saturated carbocycles. The molecule has 1 aliphatic rings. The number of halogens is 1. The maximum Gasteiger partial charge on any atom is 0.414 e. The molecule has 9 heteroatoms. The molecule has 0 radical (unpaired) electrons. The Morgan fingerprint density at radius 1 is 0.861 bits per heavy atom. The molecule has 190 valence electrons. The quantitative estimate of drug-likeness (QED) is 0.421. The fourth-order valence-corrected chi connectivity index (χ4v) is 3.56. The molecule has 1 heterocycles. The lowest BCUT2D eigenvalue weighted by Gasteiger charge is -2.23. The number of benzene rings is 3. The van der Waals surface area contributed by atoms with Gasteiger partial charge >= 0.3 is 11.9 Å². The largest absolute Gasteiger partial charge is 0.494 e. The predicted molar refractivity (Wildman–Crippen MR) is 130 cm³/mol. The molecule has 0 saturated heterocycles. The van der Waals surface area contributed by atoms with Crippen LogP contribution < -0.4 is 14.2 Å². The van der Waals surface area contributed by atoms with Gasteiger partial charge in [-0.15, -0.1) is 0 Å². The van der Waals surface area contributed by atoms with Gasteiger partial charge in [0.1, 0.15) is 11.6 Å². The SMILES string of the molecule is CCOc1ccc(CN(CCc2ccc3c(c2)OCO3)Cc2ccc(F)cc2)cc1.O=C(O)C(=O)O. The number of hydrogen-bond acceptors (Lipinski definition) is 6. The zero-order chi connectivity index (χ0) is 25.9. The highest BCUT2D eigenvalue weighted by Gasteiger charge is 2.14. The van der Waals surface area contributed by atoms with Gasteiger partial charge in [-0.1, -0.05) is 30.3 Å². The highest BCUT2D eigenvalue weighted by atomic mass is 19.1. The first kappa shape index (κ1) is 26.5. The zero-order valence-electron chi connectivity index (χ0n) is 19.9. The lowest BCUT2D eigenvalue weighted by Crippen LogP contribution is -2.25. The van der Waals surface area contributed by atoms with Crippen LogP contribution in [-0.2, 0) is 29.1 Å². The minimum absolute atomic E-state index is 0.211. The van der Waals surface area contributed by atoms with Gasteiger partial charge in [-0.3, -0.25) is 4.90 Å². The van der Waals surface area contributed by atoms with Crippen molar-refractivity contribution in [1.29, 1.82) is 0 Å². The van der Waals surface area contributed by atoms with Crippen LogP contribution in [0.15, 0.2) is 66.7 Å². The zero-order valence-corrected chi connectivity index (χ0v) is 19.9. The van der Waals surface area contributed by atoms with Gasteiger partial charge in [0.25, 0.3) is 0 Å². The summed E-state index contributed by atoms with van der Waals surface area (Å²) in [4.78, 5) is 20.6. The molecule has 0 bridgehead atoms. The molecule has 0 unspecified atom stereocenters. The van der Waals surface area contributed by atoms with Gasteiger partial charge in [-0.2, -0.15) is 0 Å². The molecule has 1 aliphatic heterocycles. The molecule has 36 heavy (non-hydrogen) atoms. The normalized spacial score (nSPS) is 11.5. The molecule has 3 aromatic rings. The first-order valence-corrected chi connectivity index (χ1v) is 11.4. The molecule has 0 aliphatic carbocycles. The lowest BCUT2D eigenvalue weighted by atomic mass is 10.1. The van der Waals surface area contributed by atoms with Crippen molar-refractivity contribution >= 4 is 11.9 Å². The molecule has 4 rings (SSSR count). The first-order chi connectivity index (χ1) is 17.3. The summed E-state index contributed by atoms with van der Waals surface area (Å²) in [6.07, 6.45) is 0.884. The summed E-state index contributed by atoms with van der Waals surface area (Å²) in [6.45, 7) is 5.34. The third kappa shape index (κ3) is 8.28. The van der Waals surface area contributed by atoms with Crippen molar-refractivity contribution in [3.8, 4) is 17.2 Å². The van der Waals surface area contributed by atoms with Gasteiger partial charge in [0.2, 0.25) is 6.79 Å². The number of carboxylic acids is 2. The van der Waals surface area contributed by atoms with E-state index >= 15 is 0 Å². The summed E-state index contributed by atoms with van der Waals surface area (Å²) < 4.78 is 29.7. The Balaban J connectivity index is 0.000000538. The minimum Gasteiger partial charge on any atom is -0.494 e. The van der Waals surface area contributed by atoms with Gasteiger partial charge in [-0.05, 0) is 66.4 Å². The van der Waals surface area contributed by atoms with Crippen LogP contribution in [0.3, 0.4) is 0 Å². The van der Waals surface area contributed by atoms with E-state index in [4.69, 9.17) is 34.0 Å². The Hall–Kier alpha value is -4.11. The van der Waals surface area contributed by atoms with Crippen LogP contribution >= 0.6 is 0 Å². The van der Waals surface area contributed by atoms with Crippen molar-refractivity contribution in [2.45, 2.75) is 26.4 Å². The molecule has 0 aromatic heterocycles. The van der Waals surface area contributed by atoms with Gasteiger partial charge in [-0.25, -0.2) is 14.0 Å². The van der Waals surface area contributed by atoms with Gasteiger partial charge in [0.15, 0.2) is 11.5 Å². The average Bonchev–Trinajstić information content (AvgIpc) is 3.33. The van der Waals surface area contributed by atoms with Crippen molar-refractivity contribution < 1.29 is 38.4 Å². The summed E-state index contributed by atoms with van der Waals surface area (Å²) in [5.74, 6) is -1.37. The van der Waals surface area contributed by atoms with Crippen LogP contribution in [0.1, 0.15) is 23.6 Å². The number of carboxylic acid groups (broad SMARTS) is 2. The summed E-state index contributed by atoms with van der Waals surface area (Å²) in [5, 5.41) is 14.8. The number of rotatable bonds is 9. The number of fused-ring (bicyclic) bond motifs is 1. The molecule has 2 N–H and O–H groups in total. The summed E-state index contributed by atoms with van der Waals surface area (Å²) in [7, 11) is 0. The second kappa shape index (κ2) is 13.1. The van der Waals surface area contributed by atoms with Gasteiger partial charge < -0.3 is 24.4 Å². The van der Waals surface area contributed by atoms with E-state index in [2.05, 4.69) is 29.2 Å². The highest BCUT2D eigenvalue weighted by molar-refractivity contribution is 6.27. The van der Waals surface area contributed by atoms with Crippen molar-refractivity contribution in [3.05, 3.63) is 89.2 Å². The Kier molecular flexibility index (Phi) is 9.64. The number of nitrogens with zero attached hydrogens (tertiary/aromatic N) is 1. The van der Waals surface area contributed by atoms with Gasteiger partial charge in [0, 0.05) is 19.6 Å². The summed E-state index contributed by atoms with van der Waals surface area (Å²) in [5.41, 5.74) is 3.51. The third-order valence-electron chi connectivity index (χ3n) is 5.30. The van der Waals surface area contributed by atoms with E-state index in [0.717, 1.165) is 48.9 Å². The van der Waals surface area contributed by atoms with Crippen molar-refractivity contribution in [2.24, 2.45) is 0 Å². The Bertz CT molecular complexity index is 1140. The molecule has 0 spiro atoms. The van der Waals surface area contributed by atoms with Crippen LogP contribution in [-0.4, -0.2) is 47.0 Å². The topological polar surface area (TPSA) is 106 Å². The van der Waals surface area contributed by atoms with E-state index in [1.54, 1.807) is 0 Å². The lowest BCUT2D eigenvalue weighted by molar-refractivity contribution is -0.159. The number of hydrogen-bond donors (Lipinski definition) is 2.